The molecule has 0 aromatic carbocycles. The molecule has 0 amide bonds. The predicted octanol–water partition coefficient (Wildman–Crippen LogP) is 1.75. The van der Waals surface area contributed by atoms with Gasteiger partial charge in [-0.3, -0.25) is 4.79 Å². The molecule has 0 radical (unpaired) electrons. The first-order valence-electron chi connectivity index (χ1n) is 4.31. The molecule has 1 rings (SSSR count). The van der Waals surface area contributed by atoms with Gasteiger partial charge in [0.1, 0.15) is 11.0 Å². The molecule has 1 saturated heterocycles. The summed E-state index contributed by atoms with van der Waals surface area (Å²) in [5.41, 5.74) is 0. The van der Waals surface area contributed by atoms with Crippen LogP contribution >= 0.6 is 11.8 Å². The number of carbonyl (C=O) groups excluding carboxylic acids is 2. The van der Waals surface area contributed by atoms with E-state index in [-0.39, 0.29) is 17.0 Å². The second-order valence-electron chi connectivity index (χ2n) is 3.67. The van der Waals surface area contributed by atoms with E-state index in [1.165, 1.54) is 18.7 Å². The Morgan fingerprint density at radius 3 is 2.62 bits per heavy atom. The van der Waals surface area contributed by atoms with Crippen molar-refractivity contribution in [1.82, 2.24) is 0 Å². The molecule has 0 aliphatic carbocycles. The van der Waals surface area contributed by atoms with E-state index in [0.717, 1.165) is 0 Å². The Kier molecular flexibility index (Phi) is 3.01. The first-order valence-corrected chi connectivity index (χ1v) is 5.19. The summed E-state index contributed by atoms with van der Waals surface area (Å²) in [4.78, 5) is 21.5. The fourth-order valence-corrected chi connectivity index (χ4v) is 2.43. The lowest BCUT2D eigenvalue weighted by molar-refractivity contribution is -0.146. The maximum Gasteiger partial charge on any atom is 0.320 e. The smallest absolute Gasteiger partial charge is 0.320 e. The monoisotopic (exact) mass is 202 g/mol. The van der Waals surface area contributed by atoms with E-state index in [2.05, 4.69) is 0 Å². The van der Waals surface area contributed by atoms with E-state index in [9.17, 15) is 9.59 Å². The lowest BCUT2D eigenvalue weighted by Crippen LogP contribution is -2.15. The van der Waals surface area contributed by atoms with Crippen LogP contribution in [0.1, 0.15) is 33.6 Å². The van der Waals surface area contributed by atoms with Crippen molar-refractivity contribution in [2.75, 3.05) is 0 Å². The Hall–Kier alpha value is -0.510. The quantitative estimate of drug-likeness (QED) is 0.654. The molecule has 1 aliphatic heterocycles. The molecule has 4 heteroatoms. The molecule has 0 bridgehead atoms. The molecule has 1 fully saturated rings. The van der Waals surface area contributed by atoms with E-state index >= 15 is 0 Å². The Labute approximate surface area is 82.2 Å². The number of ether oxygens (including phenoxy) is 1. The number of carbonyl (C=O) groups is 2. The van der Waals surface area contributed by atoms with E-state index in [1.807, 2.05) is 13.8 Å². The maximum atomic E-state index is 11.2. The second kappa shape index (κ2) is 3.70. The van der Waals surface area contributed by atoms with Crippen LogP contribution in [0, 0.1) is 0 Å². The number of hydrogen-bond donors (Lipinski definition) is 0. The number of ketones is 1. The average molecular weight is 202 g/mol. The Morgan fingerprint density at radius 2 is 2.23 bits per heavy atom. The van der Waals surface area contributed by atoms with Gasteiger partial charge < -0.3 is 9.53 Å². The van der Waals surface area contributed by atoms with Gasteiger partial charge in [0, 0.05) is 6.42 Å². The molecule has 1 heterocycles. The molecule has 1 unspecified atom stereocenters. The minimum Gasteiger partial charge on any atom is -0.448 e. The zero-order valence-electron chi connectivity index (χ0n) is 8.12. The number of thioether (sulfide) groups is 1. The van der Waals surface area contributed by atoms with Crippen molar-refractivity contribution in [3.05, 3.63) is 0 Å². The maximum absolute atomic E-state index is 11.2. The summed E-state index contributed by atoms with van der Waals surface area (Å²) in [6.07, 6.45) is 1.06. The summed E-state index contributed by atoms with van der Waals surface area (Å²) < 4.78 is 5.11. The molecule has 0 N–H and O–H groups in total. The van der Waals surface area contributed by atoms with Crippen LogP contribution in [0.2, 0.25) is 0 Å². The molecule has 0 aromatic heterocycles. The summed E-state index contributed by atoms with van der Waals surface area (Å²) in [6.45, 7) is 5.27. The first-order chi connectivity index (χ1) is 5.91. The van der Waals surface area contributed by atoms with Crippen LogP contribution in [0.3, 0.4) is 0 Å². The molecular weight excluding hydrogens is 188 g/mol. The fourth-order valence-electron chi connectivity index (χ4n) is 1.23. The number of cyclic esters (lactones) is 1. The van der Waals surface area contributed by atoms with Crippen LogP contribution in [0.4, 0.5) is 0 Å². The van der Waals surface area contributed by atoms with Gasteiger partial charge in [-0.15, -0.1) is 11.8 Å². The zero-order valence-corrected chi connectivity index (χ0v) is 8.94. The van der Waals surface area contributed by atoms with Gasteiger partial charge in [0.25, 0.3) is 0 Å². The third kappa shape index (κ3) is 3.03. The van der Waals surface area contributed by atoms with Gasteiger partial charge in [0.2, 0.25) is 0 Å². The molecule has 0 saturated carbocycles. The molecule has 13 heavy (non-hydrogen) atoms. The highest BCUT2D eigenvalue weighted by atomic mass is 32.2. The van der Waals surface area contributed by atoms with Gasteiger partial charge >= 0.3 is 5.97 Å². The summed E-state index contributed by atoms with van der Waals surface area (Å²) in [7, 11) is 0. The largest absolute Gasteiger partial charge is 0.448 e. The number of hydrogen-bond acceptors (Lipinski definition) is 4. The second-order valence-corrected chi connectivity index (χ2v) is 5.46. The third-order valence-corrected chi connectivity index (χ3v) is 3.16. The van der Waals surface area contributed by atoms with E-state index in [4.69, 9.17) is 4.74 Å². The Bertz CT molecular complexity index is 235. The lowest BCUT2D eigenvalue weighted by atomic mass is 10.2. The van der Waals surface area contributed by atoms with Gasteiger partial charge in [0.05, 0.1) is 0 Å². The zero-order chi connectivity index (χ0) is 10.1. The number of rotatable bonds is 3. The van der Waals surface area contributed by atoms with Gasteiger partial charge in [-0.25, -0.2) is 0 Å². The first kappa shape index (κ1) is 10.6. The molecule has 0 spiro atoms. The number of esters is 1. The van der Waals surface area contributed by atoms with Crippen molar-refractivity contribution in [3.63, 3.8) is 0 Å². The van der Waals surface area contributed by atoms with Crippen molar-refractivity contribution in [2.45, 2.75) is 43.8 Å². The fraction of sp³-hybridized carbons (Fsp3) is 0.778. The highest BCUT2D eigenvalue weighted by Gasteiger charge is 2.40. The van der Waals surface area contributed by atoms with Crippen molar-refractivity contribution in [2.24, 2.45) is 0 Å². The Morgan fingerprint density at radius 1 is 1.62 bits per heavy atom. The summed E-state index contributed by atoms with van der Waals surface area (Å²) in [5.74, 6) is -0.0608. The van der Waals surface area contributed by atoms with Crippen LogP contribution in [-0.2, 0) is 14.3 Å². The lowest BCUT2D eigenvalue weighted by Gasteiger charge is -2.13. The van der Waals surface area contributed by atoms with Gasteiger partial charge in [-0.1, -0.05) is 0 Å². The normalized spacial score (nSPS) is 25.8. The van der Waals surface area contributed by atoms with Crippen molar-refractivity contribution in [3.8, 4) is 0 Å². The Balaban J connectivity index is 2.44. The van der Waals surface area contributed by atoms with Gasteiger partial charge in [0.15, 0.2) is 4.93 Å². The molecule has 1 aliphatic rings. The topological polar surface area (TPSA) is 43.4 Å². The highest BCUT2D eigenvalue weighted by molar-refractivity contribution is 8.02. The minimum absolute atomic E-state index is 0.123. The van der Waals surface area contributed by atoms with Gasteiger partial charge in [-0.2, -0.15) is 0 Å². The van der Waals surface area contributed by atoms with Gasteiger partial charge in [-0.05, 0) is 27.2 Å². The minimum atomic E-state index is -0.418. The molecule has 74 valence electrons. The molecule has 3 nitrogen and oxygen atoms in total. The predicted molar refractivity (Wildman–Crippen MR) is 51.5 cm³/mol. The standard InChI is InChI=1S/C9H14O3S/c1-6(10)4-5-7-8(11)12-9(2,3)13-7/h7H,4-5H2,1-3H3. The van der Waals surface area contributed by atoms with Crippen molar-refractivity contribution >= 4 is 23.5 Å². The van der Waals surface area contributed by atoms with Crippen molar-refractivity contribution < 1.29 is 14.3 Å². The van der Waals surface area contributed by atoms with E-state index in [0.29, 0.717) is 12.8 Å². The van der Waals surface area contributed by atoms with Crippen LogP contribution < -0.4 is 0 Å². The highest BCUT2D eigenvalue weighted by Crippen LogP contribution is 2.39. The molecule has 1 atom stereocenters. The van der Waals surface area contributed by atoms with E-state index < -0.39 is 4.93 Å². The van der Waals surface area contributed by atoms with E-state index in [1.54, 1.807) is 0 Å². The third-order valence-electron chi connectivity index (χ3n) is 1.79. The van der Waals surface area contributed by atoms with Crippen LogP contribution in [0.25, 0.3) is 0 Å². The van der Waals surface area contributed by atoms with Crippen molar-refractivity contribution in [1.29, 1.82) is 0 Å². The summed E-state index contributed by atoms with van der Waals surface area (Å²) >= 11 is 1.49. The van der Waals surface area contributed by atoms with Crippen LogP contribution in [0.5, 0.6) is 0 Å². The SMILES string of the molecule is CC(=O)CCC1SC(C)(C)OC1=O. The summed E-state index contributed by atoms with van der Waals surface area (Å²) in [6, 6.07) is 0. The molecule has 0 aromatic rings. The summed E-state index contributed by atoms with van der Waals surface area (Å²) in [5, 5.41) is -0.154. The van der Waals surface area contributed by atoms with Crippen LogP contribution in [-0.4, -0.2) is 21.9 Å². The van der Waals surface area contributed by atoms with Crippen LogP contribution in [0.15, 0.2) is 0 Å². The number of Topliss-reactive ketones (excluding diaryl/α,β-unsaturated/α-hetero) is 1. The molecular formula is C9H14O3S. The average Bonchev–Trinajstić information content (AvgIpc) is 2.20.